The Balaban J connectivity index is 1.52. The SMILES string of the molecule is CN1C[C@H]2CN(Cc3ccc(C(C)(C)C)cc3)C(=O)N2[C@@H](Cc2ccccc2)C1=O. The van der Waals surface area contributed by atoms with E-state index in [1.54, 1.807) is 4.90 Å². The quantitative estimate of drug-likeness (QED) is 0.779. The molecule has 0 saturated carbocycles. The van der Waals surface area contributed by atoms with Crippen molar-refractivity contribution in [1.29, 1.82) is 0 Å². The second-order valence-corrected chi connectivity index (χ2v) is 9.60. The summed E-state index contributed by atoms with van der Waals surface area (Å²) in [6.45, 7) is 8.42. The van der Waals surface area contributed by atoms with E-state index in [9.17, 15) is 9.59 Å². The highest BCUT2D eigenvalue weighted by molar-refractivity contribution is 5.90. The predicted octanol–water partition coefficient (Wildman–Crippen LogP) is 3.67. The van der Waals surface area contributed by atoms with Gasteiger partial charge < -0.3 is 14.7 Å². The fourth-order valence-electron chi connectivity index (χ4n) is 4.54. The summed E-state index contributed by atoms with van der Waals surface area (Å²) in [4.78, 5) is 31.7. The largest absolute Gasteiger partial charge is 0.342 e. The van der Waals surface area contributed by atoms with Gasteiger partial charge in [-0.25, -0.2) is 4.79 Å². The lowest BCUT2D eigenvalue weighted by Crippen LogP contribution is -2.60. The first-order valence-corrected chi connectivity index (χ1v) is 10.7. The van der Waals surface area contributed by atoms with Crippen LogP contribution in [0.4, 0.5) is 4.79 Å². The normalized spacial score (nSPS) is 21.9. The number of carbonyl (C=O) groups excluding carboxylic acids is 2. The standard InChI is InChI=1S/C25H31N3O2/c1-25(2,3)20-12-10-19(11-13-20)15-27-17-21-16-26(4)23(29)22(28(21)24(27)30)14-18-8-6-5-7-9-18/h5-13,21-22H,14-17H2,1-4H3/t21-,22-/m0/s1. The Morgan fingerprint density at radius 2 is 1.57 bits per heavy atom. The Kier molecular flexibility index (Phi) is 5.31. The highest BCUT2D eigenvalue weighted by Gasteiger charge is 2.48. The summed E-state index contributed by atoms with van der Waals surface area (Å²) < 4.78 is 0. The first-order valence-electron chi connectivity index (χ1n) is 10.7. The summed E-state index contributed by atoms with van der Waals surface area (Å²) in [7, 11) is 1.84. The lowest BCUT2D eigenvalue weighted by atomic mass is 9.87. The maximum absolute atomic E-state index is 13.3. The number of amides is 3. The molecule has 0 aromatic heterocycles. The number of carbonyl (C=O) groups is 2. The van der Waals surface area contributed by atoms with E-state index in [0.717, 1.165) is 11.1 Å². The van der Waals surface area contributed by atoms with Crippen LogP contribution in [-0.4, -0.2) is 58.9 Å². The molecule has 0 N–H and O–H groups in total. The lowest BCUT2D eigenvalue weighted by molar-refractivity contribution is -0.139. The molecule has 2 aromatic rings. The van der Waals surface area contributed by atoms with Crippen molar-refractivity contribution in [3.05, 3.63) is 71.3 Å². The molecule has 0 aliphatic carbocycles. The van der Waals surface area contributed by atoms with Gasteiger partial charge in [0.1, 0.15) is 6.04 Å². The Hall–Kier alpha value is -2.82. The third-order valence-corrected chi connectivity index (χ3v) is 6.26. The zero-order valence-corrected chi connectivity index (χ0v) is 18.3. The van der Waals surface area contributed by atoms with Crippen LogP contribution in [0.1, 0.15) is 37.5 Å². The molecule has 5 nitrogen and oxygen atoms in total. The number of likely N-dealkylation sites (N-methyl/N-ethyl adjacent to an activating group) is 1. The summed E-state index contributed by atoms with van der Waals surface area (Å²) in [6, 6.07) is 18.1. The first-order chi connectivity index (χ1) is 14.2. The maximum Gasteiger partial charge on any atom is 0.321 e. The molecule has 3 amide bonds. The summed E-state index contributed by atoms with van der Waals surface area (Å²) in [5.74, 6) is 0.0276. The second-order valence-electron chi connectivity index (χ2n) is 9.60. The molecule has 30 heavy (non-hydrogen) atoms. The number of rotatable bonds is 4. The summed E-state index contributed by atoms with van der Waals surface area (Å²) >= 11 is 0. The second kappa shape index (κ2) is 7.78. The van der Waals surface area contributed by atoms with E-state index < -0.39 is 6.04 Å². The molecule has 2 aromatic carbocycles. The Morgan fingerprint density at radius 1 is 0.900 bits per heavy atom. The average molecular weight is 406 g/mol. The molecule has 0 radical (unpaired) electrons. The van der Waals surface area contributed by atoms with Gasteiger partial charge in [0.25, 0.3) is 0 Å². The maximum atomic E-state index is 13.3. The highest BCUT2D eigenvalue weighted by Crippen LogP contribution is 2.29. The Morgan fingerprint density at radius 3 is 2.20 bits per heavy atom. The van der Waals surface area contributed by atoms with E-state index in [0.29, 0.717) is 26.1 Å². The van der Waals surface area contributed by atoms with Gasteiger partial charge in [-0.15, -0.1) is 0 Å². The van der Waals surface area contributed by atoms with Crippen LogP contribution in [0.3, 0.4) is 0 Å². The topological polar surface area (TPSA) is 43.9 Å². The molecule has 0 spiro atoms. The van der Waals surface area contributed by atoms with Crippen LogP contribution in [0.5, 0.6) is 0 Å². The van der Waals surface area contributed by atoms with Crippen LogP contribution in [0, 0.1) is 0 Å². The third kappa shape index (κ3) is 3.93. The Bertz CT molecular complexity index is 918. The van der Waals surface area contributed by atoms with Crippen LogP contribution in [0.25, 0.3) is 0 Å². The van der Waals surface area contributed by atoms with Crippen LogP contribution < -0.4 is 0 Å². The van der Waals surface area contributed by atoms with Gasteiger partial charge in [-0.05, 0) is 22.1 Å². The van der Waals surface area contributed by atoms with E-state index in [1.165, 1.54) is 5.56 Å². The van der Waals surface area contributed by atoms with Crippen LogP contribution >= 0.6 is 0 Å². The van der Waals surface area contributed by atoms with Crippen LogP contribution in [-0.2, 0) is 23.2 Å². The van der Waals surface area contributed by atoms with Gasteiger partial charge in [-0.3, -0.25) is 4.79 Å². The molecule has 4 rings (SSSR count). The monoisotopic (exact) mass is 405 g/mol. The minimum absolute atomic E-state index is 0.0257. The molecule has 0 bridgehead atoms. The van der Waals surface area contributed by atoms with Gasteiger partial charge in [-0.1, -0.05) is 75.4 Å². The van der Waals surface area contributed by atoms with E-state index in [-0.39, 0.29) is 23.4 Å². The first kappa shape index (κ1) is 20.5. The van der Waals surface area contributed by atoms with Crippen molar-refractivity contribution < 1.29 is 9.59 Å². The number of fused-ring (bicyclic) bond motifs is 1. The number of nitrogens with zero attached hydrogens (tertiary/aromatic N) is 3. The minimum Gasteiger partial charge on any atom is -0.342 e. The van der Waals surface area contributed by atoms with E-state index in [2.05, 4.69) is 45.0 Å². The predicted molar refractivity (Wildman–Crippen MR) is 118 cm³/mol. The van der Waals surface area contributed by atoms with Gasteiger partial charge in [0.15, 0.2) is 0 Å². The van der Waals surface area contributed by atoms with Crippen molar-refractivity contribution in [2.24, 2.45) is 0 Å². The number of urea groups is 1. The molecular weight excluding hydrogens is 374 g/mol. The zero-order valence-electron chi connectivity index (χ0n) is 18.3. The molecule has 0 unspecified atom stereocenters. The molecular formula is C25H31N3O2. The van der Waals surface area contributed by atoms with Crippen molar-refractivity contribution in [2.45, 2.75) is 51.2 Å². The van der Waals surface area contributed by atoms with Gasteiger partial charge >= 0.3 is 6.03 Å². The number of piperazine rings is 1. The minimum atomic E-state index is -0.433. The zero-order chi connectivity index (χ0) is 21.5. The van der Waals surface area contributed by atoms with Crippen LogP contribution in [0.15, 0.2) is 54.6 Å². The lowest BCUT2D eigenvalue weighted by Gasteiger charge is -2.40. The van der Waals surface area contributed by atoms with Gasteiger partial charge in [-0.2, -0.15) is 0 Å². The smallest absolute Gasteiger partial charge is 0.321 e. The Labute approximate surface area is 179 Å². The number of benzene rings is 2. The van der Waals surface area contributed by atoms with Crippen molar-refractivity contribution in [1.82, 2.24) is 14.7 Å². The number of hydrogen-bond donors (Lipinski definition) is 0. The fraction of sp³-hybridized carbons (Fsp3) is 0.440. The molecule has 2 saturated heterocycles. The molecule has 2 fully saturated rings. The number of hydrogen-bond acceptors (Lipinski definition) is 2. The molecule has 158 valence electrons. The van der Waals surface area contributed by atoms with Gasteiger partial charge in [0, 0.05) is 33.1 Å². The van der Waals surface area contributed by atoms with Crippen molar-refractivity contribution in [2.75, 3.05) is 20.1 Å². The molecule has 2 atom stereocenters. The molecule has 2 aliphatic rings. The molecule has 5 heteroatoms. The van der Waals surface area contributed by atoms with E-state index in [1.807, 2.05) is 47.2 Å². The highest BCUT2D eigenvalue weighted by atomic mass is 16.2. The van der Waals surface area contributed by atoms with E-state index in [4.69, 9.17) is 0 Å². The van der Waals surface area contributed by atoms with Crippen LogP contribution in [0.2, 0.25) is 0 Å². The fourth-order valence-corrected chi connectivity index (χ4v) is 4.54. The summed E-state index contributed by atoms with van der Waals surface area (Å²) in [5, 5.41) is 0. The van der Waals surface area contributed by atoms with Crippen molar-refractivity contribution >= 4 is 11.9 Å². The van der Waals surface area contributed by atoms with E-state index >= 15 is 0 Å². The summed E-state index contributed by atoms with van der Waals surface area (Å²) in [6.07, 6.45) is 0.556. The van der Waals surface area contributed by atoms with Gasteiger partial charge in [0.2, 0.25) is 5.91 Å². The summed E-state index contributed by atoms with van der Waals surface area (Å²) in [5.41, 5.74) is 3.59. The van der Waals surface area contributed by atoms with Gasteiger partial charge in [0.05, 0.1) is 6.04 Å². The van der Waals surface area contributed by atoms with Crippen molar-refractivity contribution in [3.8, 4) is 0 Å². The molecule has 2 heterocycles. The molecule has 2 aliphatic heterocycles. The van der Waals surface area contributed by atoms with Crippen molar-refractivity contribution in [3.63, 3.8) is 0 Å². The average Bonchev–Trinajstić information content (AvgIpc) is 3.01. The third-order valence-electron chi connectivity index (χ3n) is 6.26.